The summed E-state index contributed by atoms with van der Waals surface area (Å²) in [5, 5.41) is 0. The quantitative estimate of drug-likeness (QED) is 0.456. The van der Waals surface area contributed by atoms with Crippen molar-refractivity contribution in [1.82, 2.24) is 0 Å². The fourth-order valence-corrected chi connectivity index (χ4v) is 1.69. The Morgan fingerprint density at radius 3 is 2.57 bits per heavy atom. The zero-order valence-corrected chi connectivity index (χ0v) is 6.13. The molecule has 0 atom stereocenters. The van der Waals surface area contributed by atoms with Gasteiger partial charge in [-0.1, -0.05) is 0 Å². The molecule has 0 aromatic carbocycles. The van der Waals surface area contributed by atoms with Crippen LogP contribution in [-0.2, 0) is 0 Å². The van der Waals surface area contributed by atoms with Crippen LogP contribution in [0, 0.1) is 0 Å². The van der Waals surface area contributed by atoms with Crippen LogP contribution in [0.2, 0.25) is 0 Å². The van der Waals surface area contributed by atoms with Gasteiger partial charge in [0.1, 0.15) is 0 Å². The van der Waals surface area contributed by atoms with E-state index in [2.05, 4.69) is 30.0 Å². The van der Waals surface area contributed by atoms with Crippen molar-refractivity contribution in [3.05, 3.63) is 23.1 Å². The molecule has 0 aromatic heterocycles. The first-order valence-corrected chi connectivity index (χ1v) is 4.29. The molecule has 1 aliphatic rings. The molecule has 1 heterocycles. The topological polar surface area (TPSA) is 0 Å². The van der Waals surface area contributed by atoms with E-state index < -0.39 is 0 Å². The molecule has 0 saturated heterocycles. The first-order valence-electron chi connectivity index (χ1n) is 2.27. The number of rotatable bonds is 0. The summed E-state index contributed by atoms with van der Waals surface area (Å²) in [6.45, 7) is 2.18. The minimum absolute atomic E-state index is 0.424. The van der Waals surface area contributed by atoms with Crippen molar-refractivity contribution in [1.29, 1.82) is 0 Å². The Bertz CT molecular complexity index is 140. The van der Waals surface area contributed by atoms with E-state index in [0.29, 0.717) is 15.3 Å². The van der Waals surface area contributed by atoms with Crippen LogP contribution in [0.3, 0.4) is 0 Å². The molecule has 0 saturated carbocycles. The summed E-state index contributed by atoms with van der Waals surface area (Å²) in [6, 6.07) is 0. The van der Waals surface area contributed by atoms with Gasteiger partial charge in [-0.2, -0.15) is 0 Å². The van der Waals surface area contributed by atoms with Gasteiger partial charge in [-0.15, -0.1) is 0 Å². The Balaban J connectivity index is 2.82. The summed E-state index contributed by atoms with van der Waals surface area (Å²) in [5.41, 5.74) is 0. The van der Waals surface area contributed by atoms with E-state index in [4.69, 9.17) is 0 Å². The van der Waals surface area contributed by atoms with Gasteiger partial charge in [-0.25, -0.2) is 0 Å². The molecule has 0 bridgehead atoms. The molecule has 0 aromatic rings. The molecule has 1 aliphatic heterocycles. The van der Waals surface area contributed by atoms with Gasteiger partial charge in [0.25, 0.3) is 0 Å². The molecule has 1 heteroatoms. The first kappa shape index (κ1) is 5.05. The maximum atomic E-state index is 2.26. The molecule has 0 amide bonds. The SMILES string of the molecule is CC1=[As]C=CC=C1. The van der Waals surface area contributed by atoms with Gasteiger partial charge in [0.05, 0.1) is 0 Å². The third-order valence-electron chi connectivity index (χ3n) is 0.813. The summed E-state index contributed by atoms with van der Waals surface area (Å²) >= 11 is 0.424. The van der Waals surface area contributed by atoms with E-state index in [1.165, 1.54) is 0 Å². The summed E-state index contributed by atoms with van der Waals surface area (Å²) in [4.78, 5) is 2.26. The van der Waals surface area contributed by atoms with Crippen molar-refractivity contribution in [2.45, 2.75) is 6.92 Å². The van der Waals surface area contributed by atoms with Crippen molar-refractivity contribution >= 4 is 19.6 Å². The minimum atomic E-state index is 0.424. The van der Waals surface area contributed by atoms with Gasteiger partial charge in [0.15, 0.2) is 0 Å². The molecule has 1 rings (SSSR count). The van der Waals surface area contributed by atoms with E-state index in [9.17, 15) is 0 Å². The molecule has 0 N–H and O–H groups in total. The second-order valence-electron chi connectivity index (χ2n) is 1.47. The fourth-order valence-electron chi connectivity index (χ4n) is 0.448. The van der Waals surface area contributed by atoms with Crippen LogP contribution in [0.4, 0.5) is 0 Å². The Labute approximate surface area is 50.1 Å². The van der Waals surface area contributed by atoms with Gasteiger partial charge >= 0.3 is 49.6 Å². The Hall–Kier alpha value is -0.0916. The second kappa shape index (κ2) is 2.28. The van der Waals surface area contributed by atoms with Crippen molar-refractivity contribution in [3.63, 3.8) is 0 Å². The van der Waals surface area contributed by atoms with Gasteiger partial charge in [-0.05, 0) is 0 Å². The molecule has 0 fully saturated rings. The van der Waals surface area contributed by atoms with E-state index in [1.54, 1.807) is 4.30 Å². The van der Waals surface area contributed by atoms with E-state index >= 15 is 0 Å². The van der Waals surface area contributed by atoms with E-state index in [0.717, 1.165) is 0 Å². The summed E-state index contributed by atoms with van der Waals surface area (Å²) in [5.74, 6) is 0. The van der Waals surface area contributed by atoms with Crippen LogP contribution in [0.1, 0.15) is 6.92 Å². The number of allylic oxidation sites excluding steroid dienone is 3. The molecule has 0 aliphatic carbocycles. The van der Waals surface area contributed by atoms with Crippen LogP contribution in [0.5, 0.6) is 0 Å². The summed E-state index contributed by atoms with van der Waals surface area (Å²) in [6.07, 6.45) is 6.39. The van der Waals surface area contributed by atoms with Gasteiger partial charge in [0, 0.05) is 0 Å². The zero-order valence-electron chi connectivity index (χ0n) is 4.26. The van der Waals surface area contributed by atoms with Crippen molar-refractivity contribution < 1.29 is 0 Å². The fraction of sp³-hybridized carbons (Fsp3) is 0.167. The average molecular weight is 154 g/mol. The van der Waals surface area contributed by atoms with Crippen molar-refractivity contribution in [3.8, 4) is 0 Å². The molecular weight excluding hydrogens is 147 g/mol. The molecule has 36 valence electrons. The predicted molar refractivity (Wildman–Crippen MR) is 34.7 cm³/mol. The second-order valence-corrected chi connectivity index (χ2v) is 4.12. The average Bonchev–Trinajstić information content (AvgIpc) is 1.69. The predicted octanol–water partition coefficient (Wildman–Crippen LogP) is 0.966. The molecule has 0 nitrogen and oxygen atoms in total. The molecule has 0 unspecified atom stereocenters. The normalized spacial score (nSPS) is 19.3. The Morgan fingerprint density at radius 1 is 1.43 bits per heavy atom. The molecule has 7 heavy (non-hydrogen) atoms. The first-order chi connectivity index (χ1) is 3.39. The molecular formula is C6H7As. The number of hydrogen-bond donors (Lipinski definition) is 0. The Morgan fingerprint density at radius 2 is 2.29 bits per heavy atom. The van der Waals surface area contributed by atoms with E-state index in [1.807, 2.05) is 0 Å². The third-order valence-corrected chi connectivity index (χ3v) is 2.65. The number of hydrogen-bond acceptors (Lipinski definition) is 0. The molecule has 0 radical (unpaired) electrons. The standard InChI is InChI=1S/C6H7As/c1-6-4-2-3-5-7-6/h2-5H,1H3. The maximum absolute atomic E-state index is 2.26. The summed E-state index contributed by atoms with van der Waals surface area (Å²) < 4.78 is 1.54. The van der Waals surface area contributed by atoms with Crippen molar-refractivity contribution in [2.75, 3.05) is 0 Å². The van der Waals surface area contributed by atoms with Crippen LogP contribution in [0.25, 0.3) is 0 Å². The Kier molecular flexibility index (Phi) is 1.64. The van der Waals surface area contributed by atoms with Gasteiger partial charge in [0.2, 0.25) is 0 Å². The summed E-state index contributed by atoms with van der Waals surface area (Å²) in [7, 11) is 0. The van der Waals surface area contributed by atoms with Crippen LogP contribution < -0.4 is 0 Å². The van der Waals surface area contributed by atoms with Gasteiger partial charge < -0.3 is 0 Å². The van der Waals surface area contributed by atoms with Crippen molar-refractivity contribution in [2.24, 2.45) is 0 Å². The van der Waals surface area contributed by atoms with E-state index in [-0.39, 0.29) is 0 Å². The van der Waals surface area contributed by atoms with Crippen LogP contribution >= 0.6 is 0 Å². The van der Waals surface area contributed by atoms with Crippen LogP contribution in [0.15, 0.2) is 23.1 Å². The van der Waals surface area contributed by atoms with Crippen LogP contribution in [-0.4, -0.2) is 19.6 Å². The monoisotopic (exact) mass is 154 g/mol. The van der Waals surface area contributed by atoms with Gasteiger partial charge in [-0.3, -0.25) is 0 Å². The zero-order chi connectivity index (χ0) is 5.11. The third kappa shape index (κ3) is 1.44. The molecule has 0 spiro atoms.